The van der Waals surface area contributed by atoms with Crippen LogP contribution in [0.3, 0.4) is 0 Å². The zero-order valence-electron chi connectivity index (χ0n) is 37.9. The molecule has 0 radical (unpaired) electrons. The van der Waals surface area contributed by atoms with Gasteiger partial charge in [-0.15, -0.1) is 0 Å². The first-order valence-corrected chi connectivity index (χ1v) is 23.5. The first-order valence-electron chi connectivity index (χ1n) is 23.5. The van der Waals surface area contributed by atoms with Crippen LogP contribution in [0, 0.1) is 11.3 Å². The smallest absolute Gasteiger partial charge is 0.160 e. The zero-order valence-corrected chi connectivity index (χ0v) is 37.9. The van der Waals surface area contributed by atoms with E-state index in [2.05, 4.69) is 215 Å². The largest absolute Gasteiger partial charge is 0.309 e. The molecule has 0 bridgehead atoms. The van der Waals surface area contributed by atoms with Gasteiger partial charge in [0, 0.05) is 49.4 Å². The summed E-state index contributed by atoms with van der Waals surface area (Å²) in [5.74, 6) is 0.614. The van der Waals surface area contributed by atoms with Crippen molar-refractivity contribution in [1.29, 1.82) is 5.26 Å². The number of fused-ring (bicyclic) bond motifs is 6. The Morgan fingerprint density at radius 1 is 0.300 bits per heavy atom. The molecular weight excluding hydrogens is 851 g/mol. The van der Waals surface area contributed by atoms with Crippen LogP contribution < -0.4 is 0 Å². The highest BCUT2D eigenvalue weighted by molar-refractivity contribution is 6.13. The van der Waals surface area contributed by atoms with Gasteiger partial charge < -0.3 is 9.13 Å². The highest BCUT2D eigenvalue weighted by atomic mass is 15.0. The second-order valence-corrected chi connectivity index (χ2v) is 17.7. The van der Waals surface area contributed by atoms with E-state index >= 15 is 0 Å². The molecule has 10 aromatic carbocycles. The number of hydrogen-bond acceptors (Lipinski definition) is 3. The Labute approximate surface area is 405 Å². The number of benzene rings is 10. The number of rotatable bonds is 8. The number of nitrogens with zero attached hydrogens (tertiary/aromatic N) is 5. The zero-order chi connectivity index (χ0) is 46.5. The Balaban J connectivity index is 1.11. The molecule has 5 nitrogen and oxygen atoms in total. The lowest BCUT2D eigenvalue weighted by molar-refractivity contribution is 1.15. The van der Waals surface area contributed by atoms with E-state index in [9.17, 15) is 5.26 Å². The summed E-state index contributed by atoms with van der Waals surface area (Å²) >= 11 is 0. The lowest BCUT2D eigenvalue weighted by Crippen LogP contribution is -2.03. The van der Waals surface area contributed by atoms with Crippen molar-refractivity contribution in [1.82, 2.24) is 19.1 Å². The van der Waals surface area contributed by atoms with Gasteiger partial charge in [-0.2, -0.15) is 5.26 Å². The summed E-state index contributed by atoms with van der Waals surface area (Å²) in [4.78, 5) is 10.6. The van der Waals surface area contributed by atoms with E-state index in [1.807, 2.05) is 48.5 Å². The topological polar surface area (TPSA) is 59.4 Å². The second kappa shape index (κ2) is 16.9. The van der Waals surface area contributed by atoms with Crippen LogP contribution in [0.1, 0.15) is 5.56 Å². The lowest BCUT2D eigenvalue weighted by Gasteiger charge is -2.20. The normalized spacial score (nSPS) is 11.4. The lowest BCUT2D eigenvalue weighted by atomic mass is 9.96. The minimum atomic E-state index is 0.569. The fourth-order valence-corrected chi connectivity index (χ4v) is 10.3. The fourth-order valence-electron chi connectivity index (χ4n) is 10.3. The van der Waals surface area contributed by atoms with E-state index in [0.717, 1.165) is 111 Å². The monoisotopic (exact) mass is 891 g/mol. The number of nitriles is 1. The van der Waals surface area contributed by atoms with Crippen molar-refractivity contribution in [2.24, 2.45) is 0 Å². The minimum Gasteiger partial charge on any atom is -0.309 e. The van der Waals surface area contributed by atoms with Crippen LogP contribution >= 0.6 is 0 Å². The van der Waals surface area contributed by atoms with Crippen LogP contribution in [0.5, 0.6) is 0 Å². The van der Waals surface area contributed by atoms with E-state index in [1.165, 1.54) is 5.56 Å². The maximum atomic E-state index is 10.6. The van der Waals surface area contributed by atoms with Crippen molar-refractivity contribution in [3.63, 3.8) is 0 Å². The first-order chi connectivity index (χ1) is 34.7. The predicted octanol–water partition coefficient (Wildman–Crippen LogP) is 16.5. The second-order valence-electron chi connectivity index (χ2n) is 17.7. The molecule has 3 aromatic heterocycles. The molecule has 0 aliphatic heterocycles. The Kier molecular flexibility index (Phi) is 9.81. The van der Waals surface area contributed by atoms with Crippen molar-refractivity contribution in [3.05, 3.63) is 254 Å². The molecule has 0 fully saturated rings. The van der Waals surface area contributed by atoms with Crippen molar-refractivity contribution in [2.75, 3.05) is 0 Å². The number of hydrogen-bond donors (Lipinski definition) is 0. The van der Waals surface area contributed by atoms with Crippen molar-refractivity contribution in [3.8, 4) is 84.7 Å². The Morgan fingerprint density at radius 2 is 0.743 bits per heavy atom. The van der Waals surface area contributed by atoms with Crippen molar-refractivity contribution >= 4 is 43.6 Å². The number of aromatic nitrogens is 4. The summed E-state index contributed by atoms with van der Waals surface area (Å²) in [6.07, 6.45) is 0. The molecule has 0 amide bonds. The van der Waals surface area contributed by atoms with Gasteiger partial charge in [-0.1, -0.05) is 176 Å². The van der Waals surface area contributed by atoms with E-state index in [-0.39, 0.29) is 0 Å². The molecule has 5 heteroatoms. The summed E-state index contributed by atoms with van der Waals surface area (Å²) in [6.45, 7) is 0. The van der Waals surface area contributed by atoms with Gasteiger partial charge in [0.15, 0.2) is 5.82 Å². The molecular formula is C65H41N5. The van der Waals surface area contributed by atoms with E-state index in [0.29, 0.717) is 11.4 Å². The molecule has 326 valence electrons. The van der Waals surface area contributed by atoms with Crippen molar-refractivity contribution in [2.45, 2.75) is 0 Å². The molecule has 3 heterocycles. The van der Waals surface area contributed by atoms with Gasteiger partial charge in [-0.05, 0) is 95.1 Å². The molecule has 0 atom stereocenters. The van der Waals surface area contributed by atoms with Gasteiger partial charge in [0.2, 0.25) is 0 Å². The van der Waals surface area contributed by atoms with Crippen LogP contribution in [-0.2, 0) is 0 Å². The minimum absolute atomic E-state index is 0.569. The highest BCUT2D eigenvalue weighted by Crippen LogP contribution is 2.44. The molecule has 0 aliphatic carbocycles. The molecule has 13 aromatic rings. The Hall–Kier alpha value is -9.63. The average molecular weight is 892 g/mol. The van der Waals surface area contributed by atoms with E-state index < -0.39 is 0 Å². The van der Waals surface area contributed by atoms with E-state index in [1.54, 1.807) is 0 Å². The van der Waals surface area contributed by atoms with Crippen LogP contribution in [0.2, 0.25) is 0 Å². The number of para-hydroxylation sites is 2. The van der Waals surface area contributed by atoms with Gasteiger partial charge >= 0.3 is 0 Å². The third kappa shape index (κ3) is 6.94. The fraction of sp³-hybridized carbons (Fsp3) is 0. The van der Waals surface area contributed by atoms with Gasteiger partial charge in [0.05, 0.1) is 56.5 Å². The summed E-state index contributed by atoms with van der Waals surface area (Å²) in [7, 11) is 0. The maximum absolute atomic E-state index is 10.6. The Morgan fingerprint density at radius 3 is 1.26 bits per heavy atom. The predicted molar refractivity (Wildman–Crippen MR) is 288 cm³/mol. The molecule has 70 heavy (non-hydrogen) atoms. The standard InChI is InChI=1S/C65H41N5/c66-42-43-29-33-53(64(37-43)70-60-28-16-14-26-52(60)55-39-49(31-35-63(55)70)45-19-7-2-8-20-45)56-40-50(65-67-57(46-21-9-3-10-22-46)41-58(68-65)47-23-11-4-12-24-47)32-36-62(56)69-59-27-15-13-25-51(59)54-38-48(30-34-61(54)69)44-17-5-1-6-18-44/h1-41H. The molecule has 0 aliphatic rings. The quantitative estimate of drug-likeness (QED) is 0.153. The van der Waals surface area contributed by atoms with Crippen LogP contribution in [0.4, 0.5) is 0 Å². The van der Waals surface area contributed by atoms with Gasteiger partial charge in [-0.3, -0.25) is 0 Å². The summed E-state index contributed by atoms with van der Waals surface area (Å²) in [5, 5.41) is 15.2. The molecule has 0 unspecified atom stereocenters. The molecule has 0 N–H and O–H groups in total. The average Bonchev–Trinajstić information content (AvgIpc) is 3.95. The summed E-state index contributed by atoms with van der Waals surface area (Å²) < 4.78 is 4.74. The van der Waals surface area contributed by atoms with Gasteiger partial charge in [0.1, 0.15) is 0 Å². The van der Waals surface area contributed by atoms with Crippen LogP contribution in [-0.4, -0.2) is 19.1 Å². The van der Waals surface area contributed by atoms with Crippen LogP contribution in [0.25, 0.3) is 122 Å². The molecule has 13 rings (SSSR count). The summed E-state index contributed by atoms with van der Waals surface area (Å²) in [5.41, 5.74) is 17.8. The SMILES string of the molecule is N#Cc1ccc(-c2cc(-c3nc(-c4ccccc4)cc(-c4ccccc4)n3)ccc2-n2c3ccccc3c3cc(-c4ccccc4)ccc32)c(-n2c3ccccc3c3cc(-c4ccccc4)ccc32)c1. The molecule has 0 saturated heterocycles. The van der Waals surface area contributed by atoms with Crippen LogP contribution in [0.15, 0.2) is 249 Å². The maximum Gasteiger partial charge on any atom is 0.160 e. The molecule has 0 spiro atoms. The molecule has 0 saturated carbocycles. The van der Waals surface area contributed by atoms with Gasteiger partial charge in [0.25, 0.3) is 0 Å². The summed E-state index contributed by atoms with van der Waals surface area (Å²) in [6, 6.07) is 89.8. The third-order valence-electron chi connectivity index (χ3n) is 13.6. The Bertz CT molecular complexity index is 4110. The highest BCUT2D eigenvalue weighted by Gasteiger charge is 2.23. The first kappa shape index (κ1) is 40.6. The van der Waals surface area contributed by atoms with Crippen molar-refractivity contribution < 1.29 is 0 Å². The van der Waals surface area contributed by atoms with E-state index in [4.69, 9.17) is 9.97 Å². The van der Waals surface area contributed by atoms with Gasteiger partial charge in [-0.25, -0.2) is 9.97 Å². The third-order valence-corrected chi connectivity index (χ3v) is 13.6.